The summed E-state index contributed by atoms with van der Waals surface area (Å²) in [5.74, 6) is 1.06. The van der Waals surface area contributed by atoms with Crippen molar-refractivity contribution < 1.29 is 9.59 Å². The summed E-state index contributed by atoms with van der Waals surface area (Å²) in [7, 11) is 1.84. The molecule has 2 rings (SSSR count). The molecule has 1 aromatic rings. The van der Waals surface area contributed by atoms with E-state index in [9.17, 15) is 9.59 Å². The molecule has 1 unspecified atom stereocenters. The summed E-state index contributed by atoms with van der Waals surface area (Å²) in [6.07, 6.45) is 0.510. The number of halogens is 1. The van der Waals surface area contributed by atoms with Crippen molar-refractivity contribution in [1.29, 1.82) is 0 Å². The second-order valence-electron chi connectivity index (χ2n) is 4.79. The van der Waals surface area contributed by atoms with Crippen molar-refractivity contribution in [2.75, 3.05) is 29.6 Å². The highest BCUT2D eigenvalue weighted by Gasteiger charge is 2.31. The molecule has 6 heteroatoms. The Morgan fingerprint density at radius 2 is 2.30 bits per heavy atom. The van der Waals surface area contributed by atoms with Gasteiger partial charge in [0.25, 0.3) is 0 Å². The lowest BCUT2D eigenvalue weighted by Gasteiger charge is -2.20. The van der Waals surface area contributed by atoms with Crippen LogP contribution in [0.1, 0.15) is 13.3 Å². The minimum absolute atomic E-state index is 0.106. The fourth-order valence-corrected chi connectivity index (χ4v) is 3.34. The molecule has 1 heterocycles. The van der Waals surface area contributed by atoms with E-state index in [-0.39, 0.29) is 16.9 Å². The van der Waals surface area contributed by atoms with Gasteiger partial charge in [0.05, 0.1) is 11.4 Å². The van der Waals surface area contributed by atoms with E-state index in [1.54, 1.807) is 6.92 Å². The van der Waals surface area contributed by atoms with Crippen molar-refractivity contribution in [3.63, 3.8) is 0 Å². The Balaban J connectivity index is 2.15. The minimum Gasteiger partial charge on any atom is -0.386 e. The smallest absolute Gasteiger partial charge is 0.227 e. The van der Waals surface area contributed by atoms with Gasteiger partial charge in [0.2, 0.25) is 5.91 Å². The molecule has 0 saturated carbocycles. The minimum atomic E-state index is 0.106. The average molecular weight is 357 g/mol. The molecular formula is C14H17BrN2O2S. The second-order valence-corrected chi connectivity index (χ2v) is 6.90. The Kier molecular flexibility index (Phi) is 5.10. The highest BCUT2D eigenvalue weighted by Crippen LogP contribution is 2.34. The Labute approximate surface area is 131 Å². The third-order valence-corrected chi connectivity index (χ3v) is 4.79. The lowest BCUT2D eigenvalue weighted by molar-refractivity contribution is -0.117. The zero-order chi connectivity index (χ0) is 14.7. The SMILES string of the molecule is CNc1ccc(Br)cc1N1CC(CSC(C)=O)CC1=O. The highest BCUT2D eigenvalue weighted by molar-refractivity contribution is 9.10. The Morgan fingerprint density at radius 3 is 2.95 bits per heavy atom. The molecule has 1 N–H and O–H groups in total. The molecule has 0 aromatic heterocycles. The largest absolute Gasteiger partial charge is 0.386 e. The van der Waals surface area contributed by atoms with Gasteiger partial charge < -0.3 is 10.2 Å². The maximum atomic E-state index is 12.2. The van der Waals surface area contributed by atoms with E-state index in [0.29, 0.717) is 18.7 Å². The predicted molar refractivity (Wildman–Crippen MR) is 87.3 cm³/mol. The third-order valence-electron chi connectivity index (χ3n) is 3.25. The molecule has 0 bridgehead atoms. The quantitative estimate of drug-likeness (QED) is 0.900. The Bertz CT molecular complexity index is 536. The number of hydrogen-bond acceptors (Lipinski definition) is 4. The van der Waals surface area contributed by atoms with Gasteiger partial charge >= 0.3 is 0 Å². The van der Waals surface area contributed by atoms with Crippen LogP contribution in [0.3, 0.4) is 0 Å². The molecule has 0 radical (unpaired) electrons. The van der Waals surface area contributed by atoms with Crippen LogP contribution in [0.15, 0.2) is 22.7 Å². The van der Waals surface area contributed by atoms with Gasteiger partial charge in [0, 0.05) is 37.2 Å². The fraction of sp³-hybridized carbons (Fsp3) is 0.429. The van der Waals surface area contributed by atoms with E-state index in [1.165, 1.54) is 11.8 Å². The van der Waals surface area contributed by atoms with Gasteiger partial charge in [-0.2, -0.15) is 0 Å². The molecule has 1 aliphatic rings. The van der Waals surface area contributed by atoms with Crippen molar-refractivity contribution >= 4 is 50.1 Å². The molecule has 1 atom stereocenters. The molecular weight excluding hydrogens is 340 g/mol. The van der Waals surface area contributed by atoms with Crippen LogP contribution >= 0.6 is 27.7 Å². The van der Waals surface area contributed by atoms with E-state index in [4.69, 9.17) is 0 Å². The number of benzene rings is 1. The van der Waals surface area contributed by atoms with Gasteiger partial charge in [-0.25, -0.2) is 0 Å². The van der Waals surface area contributed by atoms with Crippen molar-refractivity contribution in [2.24, 2.45) is 5.92 Å². The van der Waals surface area contributed by atoms with E-state index in [2.05, 4.69) is 21.2 Å². The first-order valence-corrected chi connectivity index (χ1v) is 8.20. The van der Waals surface area contributed by atoms with Gasteiger partial charge in [-0.15, -0.1) is 0 Å². The number of thioether (sulfide) groups is 1. The number of amides is 1. The van der Waals surface area contributed by atoms with Crippen LogP contribution in [0.4, 0.5) is 11.4 Å². The molecule has 0 aliphatic carbocycles. The van der Waals surface area contributed by atoms with Crippen molar-refractivity contribution in [2.45, 2.75) is 13.3 Å². The first-order valence-electron chi connectivity index (χ1n) is 6.42. The third kappa shape index (κ3) is 3.55. The lowest BCUT2D eigenvalue weighted by Crippen LogP contribution is -2.25. The highest BCUT2D eigenvalue weighted by atomic mass is 79.9. The molecule has 1 fully saturated rings. The summed E-state index contributed by atoms with van der Waals surface area (Å²) >= 11 is 4.74. The monoisotopic (exact) mass is 356 g/mol. The molecule has 1 aliphatic heterocycles. The maximum absolute atomic E-state index is 12.2. The van der Waals surface area contributed by atoms with Gasteiger partial charge in [-0.3, -0.25) is 9.59 Å². The number of rotatable bonds is 4. The fourth-order valence-electron chi connectivity index (χ4n) is 2.30. The summed E-state index contributed by atoms with van der Waals surface area (Å²) in [5, 5.41) is 3.22. The number of hydrogen-bond donors (Lipinski definition) is 1. The van der Waals surface area contributed by atoms with E-state index >= 15 is 0 Å². The average Bonchev–Trinajstić information content (AvgIpc) is 2.77. The van der Waals surface area contributed by atoms with Crippen LogP contribution in [0.5, 0.6) is 0 Å². The summed E-state index contributed by atoms with van der Waals surface area (Å²) in [4.78, 5) is 25.0. The van der Waals surface area contributed by atoms with Crippen LogP contribution in [0, 0.1) is 5.92 Å². The van der Waals surface area contributed by atoms with E-state index in [0.717, 1.165) is 15.8 Å². The zero-order valence-electron chi connectivity index (χ0n) is 11.5. The second kappa shape index (κ2) is 6.63. The van der Waals surface area contributed by atoms with Gasteiger partial charge in [0.15, 0.2) is 5.12 Å². The van der Waals surface area contributed by atoms with Crippen molar-refractivity contribution in [1.82, 2.24) is 0 Å². The molecule has 1 saturated heterocycles. The number of anilines is 2. The number of nitrogens with zero attached hydrogens (tertiary/aromatic N) is 1. The molecule has 20 heavy (non-hydrogen) atoms. The first-order chi connectivity index (χ1) is 9.51. The lowest BCUT2D eigenvalue weighted by atomic mass is 10.1. The Hall–Kier alpha value is -1.01. The van der Waals surface area contributed by atoms with Crippen LogP contribution in [-0.4, -0.2) is 30.4 Å². The molecule has 1 amide bonds. The predicted octanol–water partition coefficient (Wildman–Crippen LogP) is 3.12. The molecule has 1 aromatic carbocycles. The van der Waals surface area contributed by atoms with Crippen LogP contribution in [0.25, 0.3) is 0 Å². The molecule has 108 valence electrons. The van der Waals surface area contributed by atoms with Crippen LogP contribution < -0.4 is 10.2 Å². The van der Waals surface area contributed by atoms with Gasteiger partial charge in [0.1, 0.15) is 0 Å². The van der Waals surface area contributed by atoms with Crippen molar-refractivity contribution in [3.8, 4) is 0 Å². The standard InChI is InChI=1S/C14H17BrN2O2S/c1-9(18)20-8-10-5-14(19)17(7-10)13-6-11(15)3-4-12(13)16-2/h3-4,6,10,16H,5,7-8H2,1-2H3. The Morgan fingerprint density at radius 1 is 1.55 bits per heavy atom. The van der Waals surface area contributed by atoms with Crippen LogP contribution in [0.2, 0.25) is 0 Å². The van der Waals surface area contributed by atoms with E-state index < -0.39 is 0 Å². The number of carbonyl (C=O) groups is 2. The summed E-state index contributed by atoms with van der Waals surface area (Å²) < 4.78 is 0.945. The number of carbonyl (C=O) groups excluding carboxylic acids is 2. The molecule has 4 nitrogen and oxygen atoms in total. The topological polar surface area (TPSA) is 49.4 Å². The van der Waals surface area contributed by atoms with Gasteiger partial charge in [-0.1, -0.05) is 27.7 Å². The summed E-state index contributed by atoms with van der Waals surface area (Å²) in [5.41, 5.74) is 1.82. The zero-order valence-corrected chi connectivity index (χ0v) is 13.9. The normalized spacial score (nSPS) is 18.4. The maximum Gasteiger partial charge on any atom is 0.227 e. The van der Waals surface area contributed by atoms with Crippen LogP contribution in [-0.2, 0) is 9.59 Å². The number of nitrogens with one attached hydrogen (secondary N) is 1. The molecule has 0 spiro atoms. The van der Waals surface area contributed by atoms with Gasteiger partial charge in [-0.05, 0) is 24.1 Å². The van der Waals surface area contributed by atoms with Crippen molar-refractivity contribution in [3.05, 3.63) is 22.7 Å². The summed E-state index contributed by atoms with van der Waals surface area (Å²) in [6.45, 7) is 2.23. The first kappa shape index (κ1) is 15.4. The van der Waals surface area contributed by atoms with E-state index in [1.807, 2.05) is 30.1 Å². The summed E-state index contributed by atoms with van der Waals surface area (Å²) in [6, 6.07) is 5.84.